The van der Waals surface area contributed by atoms with Crippen LogP contribution in [-0.4, -0.2) is 36.4 Å². The number of amides is 1. The third-order valence-corrected chi connectivity index (χ3v) is 2.39. The van der Waals surface area contributed by atoms with Gasteiger partial charge < -0.3 is 10.2 Å². The van der Waals surface area contributed by atoms with Crippen LogP contribution < -0.4 is 5.32 Å². The van der Waals surface area contributed by atoms with Crippen molar-refractivity contribution < 1.29 is 4.79 Å². The van der Waals surface area contributed by atoms with Crippen LogP contribution in [0.5, 0.6) is 0 Å². The van der Waals surface area contributed by atoms with Crippen molar-refractivity contribution in [3.05, 3.63) is 29.6 Å². The summed E-state index contributed by atoms with van der Waals surface area (Å²) in [4.78, 5) is 17.0. The van der Waals surface area contributed by atoms with Gasteiger partial charge in [-0.2, -0.15) is 5.26 Å². The molecular formula is C12H16N4O. The number of carbonyl (C=O) groups excluding carboxylic acids is 1. The summed E-state index contributed by atoms with van der Waals surface area (Å²) in [6, 6.07) is 5.64. The Morgan fingerprint density at radius 2 is 2.41 bits per heavy atom. The predicted molar refractivity (Wildman–Crippen MR) is 64.0 cm³/mol. The van der Waals surface area contributed by atoms with Crippen molar-refractivity contribution in [2.24, 2.45) is 0 Å². The molecule has 5 nitrogen and oxygen atoms in total. The molecule has 17 heavy (non-hydrogen) atoms. The van der Waals surface area contributed by atoms with Gasteiger partial charge in [0.2, 0.25) is 5.91 Å². The van der Waals surface area contributed by atoms with E-state index < -0.39 is 0 Å². The van der Waals surface area contributed by atoms with E-state index in [-0.39, 0.29) is 5.91 Å². The number of rotatable bonds is 5. The highest BCUT2D eigenvalue weighted by molar-refractivity contribution is 5.75. The Bertz CT molecular complexity index is 425. The zero-order chi connectivity index (χ0) is 12.7. The van der Waals surface area contributed by atoms with E-state index >= 15 is 0 Å². The quantitative estimate of drug-likeness (QED) is 0.803. The number of nitrogens with zero attached hydrogens (tertiary/aromatic N) is 3. The Labute approximate surface area is 101 Å². The summed E-state index contributed by atoms with van der Waals surface area (Å²) in [6.07, 6.45) is 2.10. The van der Waals surface area contributed by atoms with Crippen molar-refractivity contribution in [3.63, 3.8) is 0 Å². The maximum Gasteiger partial charge on any atom is 0.221 e. The van der Waals surface area contributed by atoms with Gasteiger partial charge in [-0.1, -0.05) is 0 Å². The highest BCUT2D eigenvalue weighted by Gasteiger charge is 2.04. The van der Waals surface area contributed by atoms with Crippen LogP contribution in [0.1, 0.15) is 17.7 Å². The normalized spacial score (nSPS) is 10.0. The summed E-state index contributed by atoms with van der Waals surface area (Å²) in [7, 11) is 3.57. The highest BCUT2D eigenvalue weighted by atomic mass is 16.1. The van der Waals surface area contributed by atoms with Crippen LogP contribution in [0.3, 0.4) is 0 Å². The second kappa shape index (κ2) is 6.61. The van der Waals surface area contributed by atoms with Gasteiger partial charge in [0.25, 0.3) is 0 Å². The second-order valence-electron chi connectivity index (χ2n) is 3.82. The van der Waals surface area contributed by atoms with Crippen LogP contribution in [0.25, 0.3) is 0 Å². The van der Waals surface area contributed by atoms with E-state index in [1.54, 1.807) is 19.3 Å². The van der Waals surface area contributed by atoms with Gasteiger partial charge in [-0.3, -0.25) is 4.79 Å². The molecule has 90 valence electrons. The van der Waals surface area contributed by atoms with Crippen LogP contribution >= 0.6 is 0 Å². The van der Waals surface area contributed by atoms with Crippen molar-refractivity contribution in [2.45, 2.75) is 13.0 Å². The molecule has 0 aliphatic heterocycles. The SMILES string of the molecule is CNC(=O)CCN(C)Cc1ccnc(C#N)c1. The lowest BCUT2D eigenvalue weighted by atomic mass is 10.2. The van der Waals surface area contributed by atoms with Crippen molar-refractivity contribution in [1.82, 2.24) is 15.2 Å². The number of nitriles is 1. The molecule has 1 heterocycles. The summed E-state index contributed by atoms with van der Waals surface area (Å²) < 4.78 is 0. The first-order valence-electron chi connectivity index (χ1n) is 5.40. The predicted octanol–water partition coefficient (Wildman–Crippen LogP) is 0.521. The van der Waals surface area contributed by atoms with Gasteiger partial charge in [0, 0.05) is 32.8 Å². The Hall–Kier alpha value is -1.93. The van der Waals surface area contributed by atoms with Gasteiger partial charge in [-0.15, -0.1) is 0 Å². The largest absolute Gasteiger partial charge is 0.359 e. The maximum atomic E-state index is 11.1. The Kier molecular flexibility index (Phi) is 5.11. The first-order valence-corrected chi connectivity index (χ1v) is 5.40. The number of pyridine rings is 1. The lowest BCUT2D eigenvalue weighted by molar-refractivity contribution is -0.120. The minimum absolute atomic E-state index is 0.0318. The average molecular weight is 232 g/mol. The molecule has 0 saturated heterocycles. The van der Waals surface area contributed by atoms with Crippen LogP contribution in [-0.2, 0) is 11.3 Å². The smallest absolute Gasteiger partial charge is 0.221 e. The van der Waals surface area contributed by atoms with Gasteiger partial charge in [0.15, 0.2) is 0 Å². The van der Waals surface area contributed by atoms with E-state index in [1.165, 1.54) is 0 Å². The molecule has 0 aliphatic carbocycles. The van der Waals surface area contributed by atoms with E-state index in [1.807, 2.05) is 24.1 Å². The van der Waals surface area contributed by atoms with Crippen LogP contribution in [0.2, 0.25) is 0 Å². The average Bonchev–Trinajstić information content (AvgIpc) is 2.36. The number of aromatic nitrogens is 1. The van der Waals surface area contributed by atoms with E-state index in [2.05, 4.69) is 10.3 Å². The third kappa shape index (κ3) is 4.62. The van der Waals surface area contributed by atoms with E-state index in [4.69, 9.17) is 5.26 Å². The lowest BCUT2D eigenvalue weighted by Crippen LogP contribution is -2.26. The molecule has 0 aliphatic rings. The van der Waals surface area contributed by atoms with Crippen molar-refractivity contribution in [1.29, 1.82) is 5.26 Å². The van der Waals surface area contributed by atoms with Gasteiger partial charge in [0.05, 0.1) is 0 Å². The molecule has 0 unspecified atom stereocenters. The molecule has 0 saturated carbocycles. The third-order valence-electron chi connectivity index (χ3n) is 2.39. The maximum absolute atomic E-state index is 11.1. The Morgan fingerprint density at radius 3 is 3.06 bits per heavy atom. The molecule has 0 atom stereocenters. The number of carbonyl (C=O) groups is 1. The molecule has 1 aromatic rings. The highest BCUT2D eigenvalue weighted by Crippen LogP contribution is 2.04. The molecule has 5 heteroatoms. The first kappa shape index (κ1) is 13.1. The molecule has 1 amide bonds. The monoisotopic (exact) mass is 232 g/mol. The molecule has 0 spiro atoms. The molecule has 1 N–H and O–H groups in total. The molecule has 0 aromatic carbocycles. The fraction of sp³-hybridized carbons (Fsp3) is 0.417. The Balaban J connectivity index is 2.47. The van der Waals surface area contributed by atoms with Crippen molar-refractivity contribution in [2.75, 3.05) is 20.6 Å². The molecule has 0 bridgehead atoms. The lowest BCUT2D eigenvalue weighted by Gasteiger charge is -2.15. The van der Waals surface area contributed by atoms with Crippen LogP contribution in [0.15, 0.2) is 18.3 Å². The summed E-state index contributed by atoms with van der Waals surface area (Å²) in [5.41, 5.74) is 1.44. The summed E-state index contributed by atoms with van der Waals surface area (Å²) in [5, 5.41) is 11.3. The summed E-state index contributed by atoms with van der Waals surface area (Å²) >= 11 is 0. The number of hydrogen-bond donors (Lipinski definition) is 1. The minimum atomic E-state index is 0.0318. The Morgan fingerprint density at radius 1 is 1.65 bits per heavy atom. The van der Waals surface area contributed by atoms with Crippen LogP contribution in [0.4, 0.5) is 0 Å². The molecular weight excluding hydrogens is 216 g/mol. The van der Waals surface area contributed by atoms with Crippen molar-refractivity contribution in [3.8, 4) is 6.07 Å². The van der Waals surface area contributed by atoms with Crippen LogP contribution in [0, 0.1) is 11.3 Å². The minimum Gasteiger partial charge on any atom is -0.359 e. The van der Waals surface area contributed by atoms with E-state index in [0.29, 0.717) is 25.2 Å². The van der Waals surface area contributed by atoms with Gasteiger partial charge >= 0.3 is 0 Å². The van der Waals surface area contributed by atoms with Gasteiger partial charge in [-0.05, 0) is 24.7 Å². The fourth-order valence-electron chi connectivity index (χ4n) is 1.44. The zero-order valence-electron chi connectivity index (χ0n) is 10.1. The summed E-state index contributed by atoms with van der Waals surface area (Å²) in [5.74, 6) is 0.0318. The molecule has 0 radical (unpaired) electrons. The molecule has 1 aromatic heterocycles. The zero-order valence-corrected chi connectivity index (χ0v) is 10.1. The fourth-order valence-corrected chi connectivity index (χ4v) is 1.44. The first-order chi connectivity index (χ1) is 8.15. The number of nitrogens with one attached hydrogen (secondary N) is 1. The number of hydrogen-bond acceptors (Lipinski definition) is 4. The van der Waals surface area contributed by atoms with Gasteiger partial charge in [0.1, 0.15) is 11.8 Å². The van der Waals surface area contributed by atoms with E-state index in [0.717, 1.165) is 5.56 Å². The van der Waals surface area contributed by atoms with Crippen molar-refractivity contribution >= 4 is 5.91 Å². The van der Waals surface area contributed by atoms with Gasteiger partial charge in [-0.25, -0.2) is 4.98 Å². The van der Waals surface area contributed by atoms with E-state index in [9.17, 15) is 4.79 Å². The topological polar surface area (TPSA) is 69.0 Å². The second-order valence-corrected chi connectivity index (χ2v) is 3.82. The molecule has 1 rings (SSSR count). The summed E-state index contributed by atoms with van der Waals surface area (Å²) in [6.45, 7) is 1.39. The molecule has 0 fully saturated rings. The standard InChI is InChI=1S/C12H16N4O/c1-14-12(17)4-6-16(2)9-10-3-5-15-11(7-10)8-13/h3,5,7H,4,6,9H2,1-2H3,(H,14,17).